The number of alkyl halides is 3. The highest BCUT2D eigenvalue weighted by atomic mass is 19.4. The third kappa shape index (κ3) is 4.51. The first-order chi connectivity index (χ1) is 12.7. The summed E-state index contributed by atoms with van der Waals surface area (Å²) in [4.78, 5) is 13.3. The Balaban J connectivity index is 1.59. The highest BCUT2D eigenvalue weighted by molar-refractivity contribution is 5.93. The topological polar surface area (TPSA) is 52.0 Å². The van der Waals surface area contributed by atoms with Crippen molar-refractivity contribution in [2.45, 2.75) is 25.7 Å². The average Bonchev–Trinajstić information content (AvgIpc) is 3.08. The fraction of sp³-hybridized carbons (Fsp3) is 0.316. The maximum atomic E-state index is 12.6. The van der Waals surface area contributed by atoms with Crippen LogP contribution in [0.4, 0.5) is 18.9 Å². The van der Waals surface area contributed by atoms with Crippen LogP contribution in [0.5, 0.6) is 11.5 Å². The van der Waals surface area contributed by atoms with Crippen LogP contribution in [0.2, 0.25) is 0 Å². The monoisotopic (exact) mass is 381 g/mol. The van der Waals surface area contributed by atoms with E-state index in [9.17, 15) is 18.0 Å². The summed E-state index contributed by atoms with van der Waals surface area (Å²) in [7, 11) is 1.88. The Kier molecular flexibility index (Phi) is 5.27. The second-order valence-corrected chi connectivity index (χ2v) is 6.50. The molecule has 1 aliphatic heterocycles. The molecule has 0 fully saturated rings. The van der Waals surface area contributed by atoms with Gasteiger partial charge in [0.15, 0.2) is 17.5 Å². The van der Waals surface area contributed by atoms with Crippen molar-refractivity contribution in [2.24, 2.45) is 0 Å². The van der Waals surface area contributed by atoms with Crippen LogP contribution in [0.1, 0.15) is 18.1 Å². The van der Waals surface area contributed by atoms with E-state index in [1.165, 1.54) is 12.1 Å². The smallest absolute Gasteiger partial charge is 0.416 e. The third-order valence-corrected chi connectivity index (χ3v) is 4.53. The number of carbonyl (C=O) groups excluding carboxylic acids is 1. The predicted octanol–water partition coefficient (Wildman–Crippen LogP) is 2.48. The largest absolute Gasteiger partial charge is 0.454 e. The number of nitrogens with one attached hydrogen (secondary N) is 2. The van der Waals surface area contributed by atoms with E-state index in [4.69, 9.17) is 9.47 Å². The highest BCUT2D eigenvalue weighted by Crippen LogP contribution is 2.32. The SMILES string of the molecule is C[C@@H](C(=O)Nc1ccc(C(F)(F)F)cc1)[NH+](C)Cc1ccc2c(c1)OCO2. The minimum atomic E-state index is -4.40. The van der Waals surface area contributed by atoms with Gasteiger partial charge in [-0.05, 0) is 49.4 Å². The molecule has 3 rings (SSSR count). The zero-order chi connectivity index (χ0) is 19.6. The van der Waals surface area contributed by atoms with Crippen LogP contribution in [0.25, 0.3) is 0 Å². The molecule has 1 aliphatic rings. The summed E-state index contributed by atoms with van der Waals surface area (Å²) in [6.07, 6.45) is -4.40. The lowest BCUT2D eigenvalue weighted by Gasteiger charge is -2.21. The number of hydrogen-bond donors (Lipinski definition) is 2. The van der Waals surface area contributed by atoms with E-state index in [2.05, 4.69) is 5.32 Å². The minimum absolute atomic E-state index is 0.202. The van der Waals surface area contributed by atoms with Crippen LogP contribution in [-0.2, 0) is 17.5 Å². The quantitative estimate of drug-likeness (QED) is 0.837. The summed E-state index contributed by atoms with van der Waals surface area (Å²) in [5.41, 5.74) is 0.570. The molecule has 8 heteroatoms. The Morgan fingerprint density at radius 3 is 2.48 bits per heavy atom. The van der Waals surface area contributed by atoms with Crippen LogP contribution in [0, 0.1) is 0 Å². The van der Waals surface area contributed by atoms with E-state index in [1.54, 1.807) is 6.92 Å². The molecule has 2 N–H and O–H groups in total. The number of halogens is 3. The van der Waals surface area contributed by atoms with Crippen molar-refractivity contribution in [1.82, 2.24) is 0 Å². The maximum Gasteiger partial charge on any atom is 0.416 e. The van der Waals surface area contributed by atoms with Gasteiger partial charge in [-0.2, -0.15) is 13.2 Å². The number of likely N-dealkylation sites (N-methyl/N-ethyl adjacent to an activating group) is 1. The Bertz CT molecular complexity index is 822. The summed E-state index contributed by atoms with van der Waals surface area (Å²) in [6.45, 7) is 2.55. The first kappa shape index (κ1) is 19.0. The first-order valence-corrected chi connectivity index (χ1v) is 8.43. The predicted molar refractivity (Wildman–Crippen MR) is 92.7 cm³/mol. The van der Waals surface area contributed by atoms with Gasteiger partial charge in [0, 0.05) is 11.3 Å². The van der Waals surface area contributed by atoms with Crippen molar-refractivity contribution >= 4 is 11.6 Å². The van der Waals surface area contributed by atoms with Gasteiger partial charge >= 0.3 is 6.18 Å². The summed E-state index contributed by atoms with van der Waals surface area (Å²) in [5, 5.41) is 2.66. The molecular weight excluding hydrogens is 361 g/mol. The van der Waals surface area contributed by atoms with Crippen LogP contribution < -0.4 is 19.7 Å². The Labute approximate surface area is 154 Å². The second-order valence-electron chi connectivity index (χ2n) is 6.50. The number of anilines is 1. The number of amides is 1. The van der Waals surface area contributed by atoms with Crippen molar-refractivity contribution in [3.63, 3.8) is 0 Å². The van der Waals surface area contributed by atoms with Crippen molar-refractivity contribution in [2.75, 3.05) is 19.2 Å². The molecular formula is C19H20F3N2O3+. The molecule has 1 amide bonds. The van der Waals surface area contributed by atoms with E-state index >= 15 is 0 Å². The fourth-order valence-electron chi connectivity index (χ4n) is 2.74. The summed E-state index contributed by atoms with van der Waals surface area (Å²) < 4.78 is 48.4. The van der Waals surface area contributed by atoms with Gasteiger partial charge in [-0.3, -0.25) is 4.79 Å². The number of fused-ring (bicyclic) bond motifs is 1. The normalized spacial score (nSPS) is 15.3. The molecule has 0 saturated carbocycles. The highest BCUT2D eigenvalue weighted by Gasteiger charge is 2.30. The molecule has 1 heterocycles. The van der Waals surface area contributed by atoms with Gasteiger partial charge in [0.05, 0.1) is 12.6 Å². The number of carbonyl (C=O) groups is 1. The summed E-state index contributed by atoms with van der Waals surface area (Å²) in [5.74, 6) is 1.11. The van der Waals surface area contributed by atoms with Crippen molar-refractivity contribution < 1.29 is 32.3 Å². The number of quaternary nitrogens is 1. The van der Waals surface area contributed by atoms with E-state index in [1.807, 2.05) is 25.2 Å². The molecule has 0 bridgehead atoms. The molecule has 0 radical (unpaired) electrons. The molecule has 0 spiro atoms. The lowest BCUT2D eigenvalue weighted by Crippen LogP contribution is -3.12. The molecule has 1 unspecified atom stereocenters. The average molecular weight is 381 g/mol. The molecule has 0 aromatic heterocycles. The molecule has 144 valence electrons. The fourth-order valence-corrected chi connectivity index (χ4v) is 2.74. The molecule has 2 aromatic carbocycles. The van der Waals surface area contributed by atoms with E-state index < -0.39 is 17.8 Å². The van der Waals surface area contributed by atoms with Gasteiger partial charge in [-0.15, -0.1) is 0 Å². The van der Waals surface area contributed by atoms with Gasteiger partial charge in [-0.1, -0.05) is 0 Å². The maximum absolute atomic E-state index is 12.6. The van der Waals surface area contributed by atoms with Gasteiger partial charge < -0.3 is 19.7 Å². The Morgan fingerprint density at radius 2 is 1.81 bits per heavy atom. The van der Waals surface area contributed by atoms with Crippen LogP contribution >= 0.6 is 0 Å². The minimum Gasteiger partial charge on any atom is -0.454 e. The van der Waals surface area contributed by atoms with E-state index in [0.29, 0.717) is 23.7 Å². The van der Waals surface area contributed by atoms with Gasteiger partial charge in [0.25, 0.3) is 5.91 Å². The number of hydrogen-bond acceptors (Lipinski definition) is 3. The van der Waals surface area contributed by atoms with Gasteiger partial charge in [0.2, 0.25) is 6.79 Å². The van der Waals surface area contributed by atoms with Crippen molar-refractivity contribution in [3.05, 3.63) is 53.6 Å². The number of benzene rings is 2. The second kappa shape index (κ2) is 7.48. The molecule has 0 saturated heterocycles. The van der Waals surface area contributed by atoms with E-state index in [0.717, 1.165) is 22.6 Å². The summed E-state index contributed by atoms with van der Waals surface area (Å²) >= 11 is 0. The van der Waals surface area contributed by atoms with Crippen LogP contribution in [0.3, 0.4) is 0 Å². The Morgan fingerprint density at radius 1 is 1.15 bits per heavy atom. The zero-order valence-electron chi connectivity index (χ0n) is 14.9. The third-order valence-electron chi connectivity index (χ3n) is 4.53. The van der Waals surface area contributed by atoms with Gasteiger partial charge in [0.1, 0.15) is 6.54 Å². The number of rotatable bonds is 5. The standard InChI is InChI=1S/C19H19F3N2O3/c1-12(18(25)23-15-6-4-14(5-7-15)19(20,21)22)24(2)10-13-3-8-16-17(9-13)27-11-26-16/h3-9,12H,10-11H2,1-2H3,(H,23,25)/p+1/t12-/m0/s1. The first-order valence-electron chi connectivity index (χ1n) is 8.43. The molecule has 27 heavy (non-hydrogen) atoms. The molecule has 2 atom stereocenters. The van der Waals surface area contributed by atoms with Crippen molar-refractivity contribution in [1.29, 1.82) is 0 Å². The Hall–Kier alpha value is -2.74. The molecule has 2 aromatic rings. The van der Waals surface area contributed by atoms with Crippen LogP contribution in [0.15, 0.2) is 42.5 Å². The van der Waals surface area contributed by atoms with Crippen LogP contribution in [-0.4, -0.2) is 25.8 Å². The molecule has 5 nitrogen and oxygen atoms in total. The zero-order valence-corrected chi connectivity index (χ0v) is 14.9. The lowest BCUT2D eigenvalue weighted by atomic mass is 10.1. The summed E-state index contributed by atoms with van der Waals surface area (Å²) in [6, 6.07) is 9.62. The van der Waals surface area contributed by atoms with E-state index in [-0.39, 0.29) is 12.7 Å². The van der Waals surface area contributed by atoms with Crippen molar-refractivity contribution in [3.8, 4) is 11.5 Å². The number of ether oxygens (including phenoxy) is 2. The lowest BCUT2D eigenvalue weighted by molar-refractivity contribution is -0.907. The molecule has 0 aliphatic carbocycles. The van der Waals surface area contributed by atoms with Gasteiger partial charge in [-0.25, -0.2) is 0 Å².